The van der Waals surface area contributed by atoms with E-state index in [9.17, 15) is 4.79 Å². The fourth-order valence-electron chi connectivity index (χ4n) is 1.47. The summed E-state index contributed by atoms with van der Waals surface area (Å²) in [6.45, 7) is 0. The summed E-state index contributed by atoms with van der Waals surface area (Å²) in [5, 5.41) is 5.78. The standard InChI is InChI=1S/C13H12ClN3O2/c1-19-11-5-3-2-4-10(11)16-13(18)17-12-7-6-9(14)8-15-12/h2-8H,1H3,(H2,15,16,17,18). The summed E-state index contributed by atoms with van der Waals surface area (Å²) >= 11 is 5.71. The van der Waals surface area contributed by atoms with Crippen LogP contribution in [0.15, 0.2) is 42.6 Å². The van der Waals surface area contributed by atoms with Gasteiger partial charge in [-0.1, -0.05) is 23.7 Å². The van der Waals surface area contributed by atoms with E-state index >= 15 is 0 Å². The minimum atomic E-state index is -0.403. The SMILES string of the molecule is COc1ccccc1NC(=O)Nc1ccc(Cl)cn1. The van der Waals surface area contributed by atoms with Crippen molar-refractivity contribution >= 4 is 29.1 Å². The van der Waals surface area contributed by atoms with E-state index in [4.69, 9.17) is 16.3 Å². The molecule has 6 heteroatoms. The smallest absolute Gasteiger partial charge is 0.324 e. The monoisotopic (exact) mass is 277 g/mol. The maximum Gasteiger partial charge on any atom is 0.324 e. The van der Waals surface area contributed by atoms with Gasteiger partial charge >= 0.3 is 6.03 Å². The number of amides is 2. The second kappa shape index (κ2) is 6.06. The van der Waals surface area contributed by atoms with Crippen LogP contribution in [-0.2, 0) is 0 Å². The van der Waals surface area contributed by atoms with Gasteiger partial charge in [0.15, 0.2) is 0 Å². The van der Waals surface area contributed by atoms with Crippen molar-refractivity contribution in [1.29, 1.82) is 0 Å². The molecule has 0 radical (unpaired) electrons. The summed E-state index contributed by atoms with van der Waals surface area (Å²) in [4.78, 5) is 15.8. The first kappa shape index (κ1) is 13.2. The van der Waals surface area contributed by atoms with Gasteiger partial charge in [-0.05, 0) is 24.3 Å². The van der Waals surface area contributed by atoms with Gasteiger partial charge in [-0.3, -0.25) is 5.32 Å². The van der Waals surface area contributed by atoms with Crippen LogP contribution in [0.25, 0.3) is 0 Å². The molecule has 5 nitrogen and oxygen atoms in total. The maximum absolute atomic E-state index is 11.8. The lowest BCUT2D eigenvalue weighted by Crippen LogP contribution is -2.20. The van der Waals surface area contributed by atoms with Crippen LogP contribution in [0.2, 0.25) is 5.02 Å². The average molecular weight is 278 g/mol. The molecule has 0 aliphatic carbocycles. The van der Waals surface area contributed by atoms with Crippen molar-refractivity contribution in [2.75, 3.05) is 17.7 Å². The maximum atomic E-state index is 11.8. The van der Waals surface area contributed by atoms with Crippen molar-refractivity contribution in [2.24, 2.45) is 0 Å². The molecule has 1 heterocycles. The van der Waals surface area contributed by atoms with Crippen LogP contribution in [0, 0.1) is 0 Å². The number of halogens is 1. The number of anilines is 2. The molecule has 0 aliphatic heterocycles. The number of nitrogens with one attached hydrogen (secondary N) is 2. The van der Waals surface area contributed by atoms with Crippen molar-refractivity contribution in [3.63, 3.8) is 0 Å². The molecule has 0 unspecified atom stereocenters. The second-order valence-corrected chi connectivity index (χ2v) is 4.08. The molecule has 2 rings (SSSR count). The van der Waals surface area contributed by atoms with E-state index in [2.05, 4.69) is 15.6 Å². The number of rotatable bonds is 3. The van der Waals surface area contributed by atoms with Crippen molar-refractivity contribution in [3.05, 3.63) is 47.6 Å². The molecule has 0 atom stereocenters. The Bertz CT molecular complexity index is 572. The molecule has 0 aliphatic rings. The molecule has 1 aromatic carbocycles. The normalized spacial score (nSPS) is 9.79. The molecule has 0 fully saturated rings. The van der Waals surface area contributed by atoms with E-state index < -0.39 is 6.03 Å². The van der Waals surface area contributed by atoms with Crippen LogP contribution >= 0.6 is 11.6 Å². The van der Waals surface area contributed by atoms with E-state index in [1.807, 2.05) is 6.07 Å². The number of pyridine rings is 1. The molecule has 0 bridgehead atoms. The highest BCUT2D eigenvalue weighted by Crippen LogP contribution is 2.23. The van der Waals surface area contributed by atoms with Crippen LogP contribution in [0.4, 0.5) is 16.3 Å². The first-order chi connectivity index (χ1) is 9.19. The second-order valence-electron chi connectivity index (χ2n) is 3.64. The Morgan fingerprint density at radius 3 is 2.68 bits per heavy atom. The van der Waals surface area contributed by atoms with Crippen molar-refractivity contribution in [3.8, 4) is 5.75 Å². The topological polar surface area (TPSA) is 63.2 Å². The van der Waals surface area contributed by atoms with Gasteiger partial charge in [-0.25, -0.2) is 9.78 Å². The van der Waals surface area contributed by atoms with Crippen LogP contribution in [0.5, 0.6) is 5.75 Å². The molecule has 2 amide bonds. The van der Waals surface area contributed by atoms with Crippen LogP contribution in [-0.4, -0.2) is 18.1 Å². The lowest BCUT2D eigenvalue weighted by atomic mass is 10.3. The number of hydrogen-bond acceptors (Lipinski definition) is 3. The zero-order valence-corrected chi connectivity index (χ0v) is 10.9. The predicted octanol–water partition coefficient (Wildman–Crippen LogP) is 3.39. The molecule has 0 saturated heterocycles. The molecule has 1 aromatic heterocycles. The Morgan fingerprint density at radius 2 is 2.00 bits per heavy atom. The fourth-order valence-corrected chi connectivity index (χ4v) is 1.58. The summed E-state index contributed by atoms with van der Waals surface area (Å²) in [5.74, 6) is 0.999. The van der Waals surface area contributed by atoms with Gasteiger partial charge < -0.3 is 10.1 Å². The number of urea groups is 1. The number of benzene rings is 1. The van der Waals surface area contributed by atoms with Crippen LogP contribution < -0.4 is 15.4 Å². The highest BCUT2D eigenvalue weighted by Gasteiger charge is 2.07. The minimum absolute atomic E-state index is 0.403. The molecule has 2 aromatic rings. The highest BCUT2D eigenvalue weighted by atomic mass is 35.5. The Labute approximate surface area is 115 Å². The fraction of sp³-hybridized carbons (Fsp3) is 0.0769. The van der Waals surface area contributed by atoms with Crippen molar-refractivity contribution in [2.45, 2.75) is 0 Å². The summed E-state index contributed by atoms with van der Waals surface area (Å²) in [6, 6.07) is 9.99. The van der Waals surface area contributed by atoms with Crippen molar-refractivity contribution < 1.29 is 9.53 Å². The van der Waals surface area contributed by atoms with Gasteiger partial charge in [-0.15, -0.1) is 0 Å². The summed E-state index contributed by atoms with van der Waals surface area (Å²) in [7, 11) is 1.54. The first-order valence-electron chi connectivity index (χ1n) is 5.51. The Hall–Kier alpha value is -2.27. The molecule has 0 saturated carbocycles. The van der Waals surface area contributed by atoms with E-state index in [0.717, 1.165) is 0 Å². The third-order valence-electron chi connectivity index (χ3n) is 2.32. The van der Waals surface area contributed by atoms with Crippen LogP contribution in [0.3, 0.4) is 0 Å². The number of carbonyl (C=O) groups excluding carboxylic acids is 1. The predicted molar refractivity (Wildman–Crippen MR) is 74.9 cm³/mol. The number of aromatic nitrogens is 1. The zero-order valence-electron chi connectivity index (χ0n) is 10.2. The van der Waals surface area contributed by atoms with Gasteiger partial charge in [0, 0.05) is 6.20 Å². The molecule has 19 heavy (non-hydrogen) atoms. The molecular formula is C13H12ClN3O2. The van der Waals surface area contributed by atoms with Gasteiger partial charge in [0.1, 0.15) is 11.6 Å². The zero-order chi connectivity index (χ0) is 13.7. The number of methoxy groups -OCH3 is 1. The number of para-hydroxylation sites is 2. The lowest BCUT2D eigenvalue weighted by Gasteiger charge is -2.10. The largest absolute Gasteiger partial charge is 0.495 e. The highest BCUT2D eigenvalue weighted by molar-refractivity contribution is 6.30. The quantitative estimate of drug-likeness (QED) is 0.904. The van der Waals surface area contributed by atoms with E-state index in [-0.39, 0.29) is 0 Å². The average Bonchev–Trinajstić information content (AvgIpc) is 2.42. The third-order valence-corrected chi connectivity index (χ3v) is 2.55. The molecule has 2 N–H and O–H groups in total. The van der Waals surface area contributed by atoms with Gasteiger partial charge in [0.2, 0.25) is 0 Å². The van der Waals surface area contributed by atoms with Crippen LogP contribution in [0.1, 0.15) is 0 Å². The summed E-state index contributed by atoms with van der Waals surface area (Å²) < 4.78 is 5.14. The number of nitrogens with zero attached hydrogens (tertiary/aromatic N) is 1. The first-order valence-corrected chi connectivity index (χ1v) is 5.89. The number of carbonyl (C=O) groups is 1. The Morgan fingerprint density at radius 1 is 1.21 bits per heavy atom. The minimum Gasteiger partial charge on any atom is -0.495 e. The van der Waals surface area contributed by atoms with Crippen molar-refractivity contribution in [1.82, 2.24) is 4.98 Å². The van der Waals surface area contributed by atoms with Gasteiger partial charge in [0.05, 0.1) is 17.8 Å². The van der Waals surface area contributed by atoms with E-state index in [1.165, 1.54) is 6.20 Å². The Kier molecular flexibility index (Phi) is 4.20. The molecule has 0 spiro atoms. The molecule has 98 valence electrons. The lowest BCUT2D eigenvalue weighted by molar-refractivity contribution is 0.262. The van der Waals surface area contributed by atoms with Gasteiger partial charge in [0.25, 0.3) is 0 Å². The third kappa shape index (κ3) is 3.59. The van der Waals surface area contributed by atoms with E-state index in [0.29, 0.717) is 22.3 Å². The molecular weight excluding hydrogens is 266 g/mol. The number of ether oxygens (including phenoxy) is 1. The van der Waals surface area contributed by atoms with E-state index in [1.54, 1.807) is 37.4 Å². The summed E-state index contributed by atoms with van der Waals surface area (Å²) in [5.41, 5.74) is 0.580. The van der Waals surface area contributed by atoms with Gasteiger partial charge in [-0.2, -0.15) is 0 Å². The number of hydrogen-bond donors (Lipinski definition) is 2. The Balaban J connectivity index is 2.03. The summed E-state index contributed by atoms with van der Waals surface area (Å²) in [6.07, 6.45) is 1.46.